The average Bonchev–Trinajstić information content (AvgIpc) is 2.03. The molecule has 0 amide bonds. The molecule has 0 heterocycles. The summed E-state index contributed by atoms with van der Waals surface area (Å²) < 4.78 is 0.110. The monoisotopic (exact) mass is 351 g/mol. The molecule has 0 aromatic heterocycles. The van der Waals surface area contributed by atoms with Crippen molar-refractivity contribution >= 4 is 35.6 Å². The molecule has 0 spiro atoms. The van der Waals surface area contributed by atoms with E-state index in [1.165, 1.54) is 0 Å². The van der Waals surface area contributed by atoms with Gasteiger partial charge in [0.15, 0.2) is 0 Å². The van der Waals surface area contributed by atoms with Gasteiger partial charge in [0.2, 0.25) is 0 Å². The van der Waals surface area contributed by atoms with Crippen LogP contribution in [0.2, 0.25) is 0 Å². The van der Waals surface area contributed by atoms with Crippen molar-refractivity contribution < 1.29 is 12.9 Å². The van der Waals surface area contributed by atoms with Crippen molar-refractivity contribution in [1.29, 1.82) is 0 Å². The second kappa shape index (κ2) is 6.76. The second-order valence-corrected chi connectivity index (χ2v) is 13.4. The van der Waals surface area contributed by atoms with Crippen LogP contribution in [0.3, 0.4) is 0 Å². The molecular weight excluding hydrogens is 332 g/mol. The van der Waals surface area contributed by atoms with Crippen molar-refractivity contribution in [3.63, 3.8) is 0 Å². The molecule has 2 unspecified atom stereocenters. The molecule has 2 atom stereocenters. The van der Waals surface area contributed by atoms with Gasteiger partial charge in [-0.15, -0.1) is 0 Å². The van der Waals surface area contributed by atoms with Gasteiger partial charge in [0.05, 0.1) is 0 Å². The Morgan fingerprint density at radius 1 is 1.21 bits per heavy atom. The van der Waals surface area contributed by atoms with E-state index in [1.807, 2.05) is 0 Å². The molecule has 1 radical (unpaired) electrons. The number of halogens is 2. The zero-order valence-corrected chi connectivity index (χ0v) is 13.2. The number of hydrogen-bond acceptors (Lipinski definition) is 2. The third kappa shape index (κ3) is 3.39. The quantitative estimate of drug-likeness (QED) is 0.566. The van der Waals surface area contributed by atoms with Crippen LogP contribution in [0.4, 0.5) is 0 Å². The van der Waals surface area contributed by atoms with Crippen molar-refractivity contribution in [3.05, 3.63) is 0 Å². The normalized spacial score (nSPS) is 20.6. The van der Waals surface area contributed by atoms with Gasteiger partial charge in [-0.3, -0.25) is 0 Å². The molecule has 0 aromatic rings. The van der Waals surface area contributed by atoms with Crippen LogP contribution in [0.25, 0.3) is 0 Å². The maximum absolute atomic E-state index is 9.72. The molecular formula is C8H19Cl2NO2Sn+. The van der Waals surface area contributed by atoms with Crippen LogP contribution in [0, 0.1) is 0 Å². The Balaban J connectivity index is 4.76. The minimum absolute atomic E-state index is 0.110. The Bertz CT molecular complexity index is 146. The zero-order chi connectivity index (χ0) is 11.4. The van der Waals surface area contributed by atoms with E-state index in [4.69, 9.17) is 17.8 Å². The maximum atomic E-state index is 9.72. The fraction of sp³-hybridized carbons (Fsp3) is 1.00. The van der Waals surface area contributed by atoms with E-state index in [2.05, 4.69) is 6.92 Å². The van der Waals surface area contributed by atoms with E-state index in [-0.39, 0.29) is 2.70 Å². The molecule has 0 aliphatic heterocycles. The van der Waals surface area contributed by atoms with Crippen LogP contribution in [0.1, 0.15) is 33.6 Å². The topological polar surface area (TPSA) is 40.5 Å². The van der Waals surface area contributed by atoms with Gasteiger partial charge in [-0.05, 0) is 0 Å². The third-order valence-electron chi connectivity index (χ3n) is 2.53. The number of hydrogen-bond donors (Lipinski definition) is 2. The number of aliphatic hydroxyl groups is 2. The van der Waals surface area contributed by atoms with E-state index < -0.39 is 30.2 Å². The Morgan fingerprint density at radius 3 is 1.86 bits per heavy atom. The van der Waals surface area contributed by atoms with Gasteiger partial charge < -0.3 is 0 Å². The van der Waals surface area contributed by atoms with Gasteiger partial charge in [0, 0.05) is 0 Å². The van der Waals surface area contributed by atoms with Crippen LogP contribution < -0.4 is 0 Å². The number of nitrogens with zero attached hydrogens (tertiary/aromatic N) is 1. The van der Waals surface area contributed by atoms with Crippen molar-refractivity contribution in [2.75, 3.05) is 6.54 Å². The first-order valence-electron chi connectivity index (χ1n) is 4.81. The molecule has 6 heteroatoms. The summed E-state index contributed by atoms with van der Waals surface area (Å²) in [6.07, 6.45) is 0.542. The van der Waals surface area contributed by atoms with E-state index >= 15 is 0 Å². The molecule has 0 bridgehead atoms. The van der Waals surface area contributed by atoms with E-state index in [9.17, 15) is 10.2 Å². The van der Waals surface area contributed by atoms with Crippen molar-refractivity contribution in [1.82, 2.24) is 0 Å². The minimum atomic E-state index is -2.76. The number of quaternary nitrogens is 1. The van der Waals surface area contributed by atoms with Gasteiger partial charge in [0.25, 0.3) is 0 Å². The van der Waals surface area contributed by atoms with Gasteiger partial charge >= 0.3 is 101 Å². The van der Waals surface area contributed by atoms with Gasteiger partial charge in [0.1, 0.15) is 0 Å². The molecule has 0 aliphatic rings. The molecule has 0 rings (SSSR count). The van der Waals surface area contributed by atoms with E-state index in [0.717, 1.165) is 12.8 Å². The predicted molar refractivity (Wildman–Crippen MR) is 60.9 cm³/mol. The summed E-state index contributed by atoms with van der Waals surface area (Å²) in [6.45, 7) is 6.01. The Labute approximate surface area is 101 Å². The summed E-state index contributed by atoms with van der Waals surface area (Å²) in [7, 11) is 12.1. The summed E-state index contributed by atoms with van der Waals surface area (Å²) in [5.41, 5.74) is 0. The zero-order valence-electron chi connectivity index (χ0n) is 8.87. The first kappa shape index (κ1) is 15.3. The van der Waals surface area contributed by atoms with Crippen LogP contribution >= 0.6 is 17.8 Å². The molecule has 0 saturated heterocycles. The summed E-state index contributed by atoms with van der Waals surface area (Å²) in [5, 5.41) is 19.4. The Morgan fingerprint density at radius 2 is 1.64 bits per heavy atom. The van der Waals surface area contributed by atoms with Gasteiger partial charge in [-0.1, -0.05) is 0 Å². The van der Waals surface area contributed by atoms with Crippen molar-refractivity contribution in [3.8, 4) is 0 Å². The summed E-state index contributed by atoms with van der Waals surface area (Å²) >= 11 is -2.76. The fourth-order valence-electron chi connectivity index (χ4n) is 1.47. The summed E-state index contributed by atoms with van der Waals surface area (Å²) in [5.74, 6) is 0. The second-order valence-electron chi connectivity index (χ2n) is 3.51. The molecule has 2 N–H and O–H groups in total. The SMILES string of the molecule is CCCC[N+](C(C)O)(C(C)O)[Sn]([Cl])[Cl]. The van der Waals surface area contributed by atoms with Crippen LogP contribution in [-0.4, -0.2) is 49.7 Å². The first-order valence-corrected chi connectivity index (χ1v) is 13.3. The summed E-state index contributed by atoms with van der Waals surface area (Å²) in [4.78, 5) is 0. The molecule has 85 valence electrons. The Kier molecular flexibility index (Phi) is 7.37. The average molecular weight is 351 g/mol. The number of rotatable bonds is 6. The van der Waals surface area contributed by atoms with E-state index in [1.54, 1.807) is 13.8 Å². The fourth-order valence-corrected chi connectivity index (χ4v) is 8.94. The molecule has 0 saturated carbocycles. The van der Waals surface area contributed by atoms with Crippen LogP contribution in [0.15, 0.2) is 0 Å². The van der Waals surface area contributed by atoms with Gasteiger partial charge in [-0.2, -0.15) is 0 Å². The van der Waals surface area contributed by atoms with Crippen molar-refractivity contribution in [2.45, 2.75) is 46.1 Å². The van der Waals surface area contributed by atoms with Crippen LogP contribution in [-0.2, 0) is 0 Å². The van der Waals surface area contributed by atoms with Gasteiger partial charge in [-0.25, -0.2) is 0 Å². The van der Waals surface area contributed by atoms with Crippen molar-refractivity contribution in [2.24, 2.45) is 0 Å². The molecule has 0 fully saturated rings. The van der Waals surface area contributed by atoms with E-state index in [0.29, 0.717) is 6.54 Å². The predicted octanol–water partition coefficient (Wildman–Crippen LogP) is 1.74. The standard InChI is InChI=1S/C8H19NO2.2ClH.Sn/c1-4-5-6-9(7(2)10)8(3)11;;;/h7-8,10-11H,4-6H2,1-3H3;2*1H;/q;;;+3/p-2. The first-order chi connectivity index (χ1) is 6.39. The molecule has 0 aliphatic carbocycles. The number of unbranched alkanes of at least 4 members (excludes halogenated alkanes) is 1. The molecule has 0 aromatic carbocycles. The number of aliphatic hydroxyl groups excluding tert-OH is 2. The third-order valence-corrected chi connectivity index (χ3v) is 11.3. The molecule has 14 heavy (non-hydrogen) atoms. The summed E-state index contributed by atoms with van der Waals surface area (Å²) in [6, 6.07) is 0. The Hall–Kier alpha value is 1.26. The molecule has 3 nitrogen and oxygen atoms in total. The van der Waals surface area contributed by atoms with Crippen LogP contribution in [0.5, 0.6) is 0 Å².